The Kier molecular flexibility index (Phi) is 9.35. The standard InChI is InChI=1S/C30H32N6O4/c1-19(13-35-29(37)25-15-33-27(39-3)17-31-25)21-5-9-23(10-6-21)24-11-7-22(8-12-24)20(2)14-36-30(38)26-16-34-28(40-4)18-32-26/h5-12,15-20H,13-14H2,1-4H3,(H,35,37)(H,36,38). The quantitative estimate of drug-likeness (QED) is 0.292. The molecule has 0 aliphatic heterocycles. The van der Waals surface area contributed by atoms with Gasteiger partial charge in [-0.25, -0.2) is 19.9 Å². The molecule has 4 aromatic rings. The fourth-order valence-electron chi connectivity index (χ4n) is 3.99. The Bertz CT molecular complexity index is 1300. The van der Waals surface area contributed by atoms with Crippen LogP contribution in [-0.2, 0) is 0 Å². The molecular weight excluding hydrogens is 508 g/mol. The average Bonchev–Trinajstić information content (AvgIpc) is 3.02. The lowest BCUT2D eigenvalue weighted by molar-refractivity contribution is 0.0938. The van der Waals surface area contributed by atoms with E-state index < -0.39 is 0 Å². The van der Waals surface area contributed by atoms with Crippen LogP contribution in [0, 0.1) is 0 Å². The molecule has 0 spiro atoms. The summed E-state index contributed by atoms with van der Waals surface area (Å²) in [7, 11) is 3.00. The van der Waals surface area contributed by atoms with E-state index in [0.29, 0.717) is 24.8 Å². The highest BCUT2D eigenvalue weighted by Crippen LogP contribution is 2.25. The molecule has 2 N–H and O–H groups in total. The van der Waals surface area contributed by atoms with E-state index in [1.165, 1.54) is 39.0 Å². The Morgan fingerprint density at radius 1 is 0.625 bits per heavy atom. The average molecular weight is 541 g/mol. The van der Waals surface area contributed by atoms with Crippen LogP contribution in [0.15, 0.2) is 73.3 Å². The molecule has 0 radical (unpaired) electrons. The van der Waals surface area contributed by atoms with Crippen molar-refractivity contribution in [2.75, 3.05) is 27.3 Å². The van der Waals surface area contributed by atoms with Gasteiger partial charge in [-0.1, -0.05) is 62.4 Å². The van der Waals surface area contributed by atoms with Crippen molar-refractivity contribution in [2.24, 2.45) is 0 Å². The summed E-state index contributed by atoms with van der Waals surface area (Å²) < 4.78 is 9.95. The normalized spacial score (nSPS) is 12.2. The number of benzene rings is 2. The van der Waals surface area contributed by atoms with Gasteiger partial charge in [-0.15, -0.1) is 0 Å². The van der Waals surface area contributed by atoms with E-state index >= 15 is 0 Å². The summed E-state index contributed by atoms with van der Waals surface area (Å²) in [5.41, 5.74) is 4.92. The van der Waals surface area contributed by atoms with Crippen LogP contribution >= 0.6 is 0 Å². The molecule has 206 valence electrons. The van der Waals surface area contributed by atoms with E-state index in [4.69, 9.17) is 9.47 Å². The Labute approximate surface area is 233 Å². The smallest absolute Gasteiger partial charge is 0.271 e. The molecule has 2 unspecified atom stereocenters. The molecule has 0 saturated carbocycles. The van der Waals surface area contributed by atoms with E-state index in [9.17, 15) is 9.59 Å². The van der Waals surface area contributed by atoms with Crippen LogP contribution in [0.25, 0.3) is 11.1 Å². The molecule has 0 aliphatic carbocycles. The molecule has 2 heterocycles. The third-order valence-electron chi connectivity index (χ3n) is 6.57. The zero-order valence-electron chi connectivity index (χ0n) is 22.9. The third kappa shape index (κ3) is 7.16. The van der Waals surface area contributed by atoms with Crippen LogP contribution in [0.1, 0.15) is 57.8 Å². The number of carbonyl (C=O) groups excluding carboxylic acids is 2. The van der Waals surface area contributed by atoms with Gasteiger partial charge in [0.2, 0.25) is 11.8 Å². The van der Waals surface area contributed by atoms with Crippen molar-refractivity contribution >= 4 is 11.8 Å². The lowest BCUT2D eigenvalue weighted by Gasteiger charge is -2.15. The summed E-state index contributed by atoms with van der Waals surface area (Å²) in [5, 5.41) is 5.82. The van der Waals surface area contributed by atoms with E-state index in [1.54, 1.807) is 0 Å². The van der Waals surface area contributed by atoms with Crippen LogP contribution in [0.3, 0.4) is 0 Å². The summed E-state index contributed by atoms with van der Waals surface area (Å²) in [6.07, 6.45) is 5.63. The first-order chi connectivity index (χ1) is 19.4. The molecule has 2 aromatic carbocycles. The summed E-state index contributed by atoms with van der Waals surface area (Å²) in [4.78, 5) is 40.9. The molecule has 4 rings (SSSR count). The molecule has 0 aliphatic rings. The van der Waals surface area contributed by atoms with Crippen LogP contribution in [-0.4, -0.2) is 59.1 Å². The predicted octanol–water partition coefficient (Wildman–Crippen LogP) is 4.02. The Morgan fingerprint density at radius 2 is 1.00 bits per heavy atom. The van der Waals surface area contributed by atoms with Gasteiger partial charge in [-0.2, -0.15) is 0 Å². The second-order valence-corrected chi connectivity index (χ2v) is 9.35. The zero-order chi connectivity index (χ0) is 28.5. The number of nitrogens with zero attached hydrogens (tertiary/aromatic N) is 4. The largest absolute Gasteiger partial charge is 0.480 e. The second-order valence-electron chi connectivity index (χ2n) is 9.35. The first kappa shape index (κ1) is 28.2. The molecule has 0 bridgehead atoms. The number of rotatable bonds is 11. The minimum absolute atomic E-state index is 0.117. The first-order valence-corrected chi connectivity index (χ1v) is 12.9. The molecule has 2 aromatic heterocycles. The van der Waals surface area contributed by atoms with Gasteiger partial charge in [0.1, 0.15) is 11.4 Å². The fourth-order valence-corrected chi connectivity index (χ4v) is 3.99. The highest BCUT2D eigenvalue weighted by atomic mass is 16.5. The van der Waals surface area contributed by atoms with E-state index in [-0.39, 0.29) is 35.0 Å². The highest BCUT2D eigenvalue weighted by molar-refractivity contribution is 5.92. The molecule has 0 fully saturated rings. The van der Waals surface area contributed by atoms with Crippen LogP contribution in [0.5, 0.6) is 11.8 Å². The maximum absolute atomic E-state index is 12.4. The van der Waals surface area contributed by atoms with Crippen LogP contribution < -0.4 is 20.1 Å². The van der Waals surface area contributed by atoms with Crippen molar-refractivity contribution in [3.05, 3.63) is 95.8 Å². The first-order valence-electron chi connectivity index (χ1n) is 12.9. The number of amides is 2. The predicted molar refractivity (Wildman–Crippen MR) is 151 cm³/mol. The van der Waals surface area contributed by atoms with Gasteiger partial charge >= 0.3 is 0 Å². The number of aromatic nitrogens is 4. The topological polar surface area (TPSA) is 128 Å². The van der Waals surface area contributed by atoms with Crippen molar-refractivity contribution in [3.8, 4) is 22.9 Å². The van der Waals surface area contributed by atoms with E-state index in [2.05, 4.69) is 92.9 Å². The Hall–Kier alpha value is -4.86. The number of carbonyl (C=O) groups is 2. The van der Waals surface area contributed by atoms with Gasteiger partial charge in [-0.3, -0.25) is 9.59 Å². The molecule has 40 heavy (non-hydrogen) atoms. The molecular formula is C30H32N6O4. The van der Waals surface area contributed by atoms with Gasteiger partial charge in [-0.05, 0) is 34.1 Å². The van der Waals surface area contributed by atoms with Crippen LogP contribution in [0.2, 0.25) is 0 Å². The van der Waals surface area contributed by atoms with Gasteiger partial charge < -0.3 is 20.1 Å². The van der Waals surface area contributed by atoms with Crippen molar-refractivity contribution in [3.63, 3.8) is 0 Å². The molecule has 10 nitrogen and oxygen atoms in total. The summed E-state index contributed by atoms with van der Waals surface area (Å²) >= 11 is 0. The molecule has 10 heteroatoms. The number of hydrogen-bond donors (Lipinski definition) is 2. The lowest BCUT2D eigenvalue weighted by Crippen LogP contribution is -2.28. The summed E-state index contributed by atoms with van der Waals surface area (Å²) in [6, 6.07) is 16.6. The summed E-state index contributed by atoms with van der Waals surface area (Å²) in [5.74, 6) is 0.403. The fraction of sp³-hybridized carbons (Fsp3) is 0.267. The van der Waals surface area contributed by atoms with Crippen LogP contribution in [0.4, 0.5) is 0 Å². The number of nitrogens with one attached hydrogen (secondary N) is 2. The minimum Gasteiger partial charge on any atom is -0.480 e. The zero-order valence-corrected chi connectivity index (χ0v) is 22.9. The van der Waals surface area contributed by atoms with Crippen molar-refractivity contribution in [1.29, 1.82) is 0 Å². The maximum Gasteiger partial charge on any atom is 0.271 e. The van der Waals surface area contributed by atoms with Crippen molar-refractivity contribution in [2.45, 2.75) is 25.7 Å². The van der Waals surface area contributed by atoms with Gasteiger partial charge in [0.25, 0.3) is 11.8 Å². The second kappa shape index (κ2) is 13.3. The number of hydrogen-bond acceptors (Lipinski definition) is 8. The van der Waals surface area contributed by atoms with Gasteiger partial charge in [0.15, 0.2) is 0 Å². The molecule has 2 atom stereocenters. The minimum atomic E-state index is -0.276. The monoisotopic (exact) mass is 540 g/mol. The third-order valence-corrected chi connectivity index (χ3v) is 6.57. The SMILES string of the molecule is COc1cnc(C(=O)NCC(C)c2ccc(-c3ccc(C(C)CNC(=O)c4cnc(OC)cn4)cc3)cc2)cn1. The maximum atomic E-state index is 12.4. The number of ether oxygens (including phenoxy) is 2. The molecule has 2 amide bonds. The molecule has 0 saturated heterocycles. The Morgan fingerprint density at radius 3 is 1.30 bits per heavy atom. The van der Waals surface area contributed by atoms with Crippen molar-refractivity contribution < 1.29 is 19.1 Å². The van der Waals surface area contributed by atoms with E-state index in [1.807, 2.05) is 0 Å². The van der Waals surface area contributed by atoms with Crippen molar-refractivity contribution in [1.82, 2.24) is 30.6 Å². The number of methoxy groups -OCH3 is 2. The van der Waals surface area contributed by atoms with Gasteiger partial charge in [0.05, 0.1) is 39.0 Å². The van der Waals surface area contributed by atoms with Gasteiger partial charge in [0, 0.05) is 13.1 Å². The van der Waals surface area contributed by atoms with E-state index in [0.717, 1.165) is 22.3 Å². The highest BCUT2D eigenvalue weighted by Gasteiger charge is 2.13. The lowest BCUT2D eigenvalue weighted by atomic mass is 9.95. The Balaban J connectivity index is 1.28. The summed E-state index contributed by atoms with van der Waals surface area (Å²) in [6.45, 7) is 5.07.